The highest BCUT2D eigenvalue weighted by Gasteiger charge is 2.30. The number of hydrogen-bond donors (Lipinski definition) is 2. The first-order valence-corrected chi connectivity index (χ1v) is 7.22. The lowest BCUT2D eigenvalue weighted by Gasteiger charge is -2.19. The third-order valence-electron chi connectivity index (χ3n) is 3.64. The fourth-order valence-electron chi connectivity index (χ4n) is 2.49. The number of rotatable bonds is 5. The lowest BCUT2D eigenvalue weighted by Crippen LogP contribution is -2.50. The molecule has 1 aliphatic rings. The molecule has 0 aromatic heterocycles. The average Bonchev–Trinajstić information content (AvgIpc) is 2.92. The third-order valence-corrected chi connectivity index (χ3v) is 3.64. The standard InChI is InChI=1S/C16H20N2O4/c1-10-4-3-5-11(8-10)9-13(16(21)22-2)18-15(20)12-6-7-14(19)17-12/h3-5,8,12-13H,6-7,9H2,1-2H3,(H,17,19)(H,18,20)/t12-,13+/m1/s1. The van der Waals surface area contributed by atoms with Crippen molar-refractivity contribution in [2.75, 3.05) is 7.11 Å². The second kappa shape index (κ2) is 7.06. The van der Waals surface area contributed by atoms with Gasteiger partial charge < -0.3 is 15.4 Å². The quantitative estimate of drug-likeness (QED) is 0.775. The maximum atomic E-state index is 12.1. The number of carbonyl (C=O) groups is 3. The van der Waals surface area contributed by atoms with Crippen LogP contribution >= 0.6 is 0 Å². The fourth-order valence-corrected chi connectivity index (χ4v) is 2.49. The van der Waals surface area contributed by atoms with Gasteiger partial charge in [-0.15, -0.1) is 0 Å². The van der Waals surface area contributed by atoms with Crippen molar-refractivity contribution in [3.8, 4) is 0 Å². The molecule has 118 valence electrons. The van der Waals surface area contributed by atoms with Gasteiger partial charge in [-0.1, -0.05) is 29.8 Å². The number of aryl methyl sites for hydroxylation is 1. The van der Waals surface area contributed by atoms with Gasteiger partial charge in [0.05, 0.1) is 7.11 Å². The van der Waals surface area contributed by atoms with Gasteiger partial charge >= 0.3 is 5.97 Å². The van der Waals surface area contributed by atoms with Gasteiger partial charge in [-0.3, -0.25) is 9.59 Å². The second-order valence-corrected chi connectivity index (χ2v) is 5.44. The van der Waals surface area contributed by atoms with Crippen LogP contribution in [0, 0.1) is 6.92 Å². The molecule has 1 aromatic rings. The van der Waals surface area contributed by atoms with Crippen LogP contribution in [-0.2, 0) is 25.5 Å². The van der Waals surface area contributed by atoms with E-state index in [-0.39, 0.29) is 11.8 Å². The number of benzene rings is 1. The highest BCUT2D eigenvalue weighted by atomic mass is 16.5. The molecule has 0 saturated carbocycles. The van der Waals surface area contributed by atoms with Crippen molar-refractivity contribution >= 4 is 17.8 Å². The van der Waals surface area contributed by atoms with Crippen molar-refractivity contribution in [3.63, 3.8) is 0 Å². The number of ether oxygens (including phenoxy) is 1. The van der Waals surface area contributed by atoms with Gasteiger partial charge in [-0.05, 0) is 18.9 Å². The predicted octanol–water partition coefficient (Wildman–Crippen LogP) is 0.474. The molecule has 2 amide bonds. The molecule has 2 rings (SSSR count). The Balaban J connectivity index is 2.04. The van der Waals surface area contributed by atoms with Crippen molar-refractivity contribution in [1.29, 1.82) is 0 Å². The first-order chi connectivity index (χ1) is 10.5. The molecule has 0 radical (unpaired) electrons. The van der Waals surface area contributed by atoms with Crippen LogP contribution in [0.4, 0.5) is 0 Å². The maximum Gasteiger partial charge on any atom is 0.328 e. The maximum absolute atomic E-state index is 12.1. The summed E-state index contributed by atoms with van der Waals surface area (Å²) in [5.41, 5.74) is 2.02. The summed E-state index contributed by atoms with van der Waals surface area (Å²) in [7, 11) is 1.29. The number of esters is 1. The summed E-state index contributed by atoms with van der Waals surface area (Å²) in [6.07, 6.45) is 1.13. The Kier molecular flexibility index (Phi) is 5.14. The Hall–Kier alpha value is -2.37. The van der Waals surface area contributed by atoms with Gasteiger partial charge in [0, 0.05) is 12.8 Å². The molecule has 6 heteroatoms. The van der Waals surface area contributed by atoms with E-state index in [4.69, 9.17) is 4.74 Å². The number of amides is 2. The molecule has 2 N–H and O–H groups in total. The van der Waals surface area contributed by atoms with Crippen LogP contribution in [0.3, 0.4) is 0 Å². The second-order valence-electron chi connectivity index (χ2n) is 5.44. The molecule has 0 aliphatic carbocycles. The van der Waals surface area contributed by atoms with E-state index < -0.39 is 18.1 Å². The minimum Gasteiger partial charge on any atom is -0.467 e. The van der Waals surface area contributed by atoms with Crippen molar-refractivity contribution in [3.05, 3.63) is 35.4 Å². The Bertz CT molecular complexity index is 585. The van der Waals surface area contributed by atoms with Crippen molar-refractivity contribution in [2.45, 2.75) is 38.3 Å². The molecule has 1 heterocycles. The normalized spacial score (nSPS) is 18.5. The monoisotopic (exact) mass is 304 g/mol. The van der Waals surface area contributed by atoms with Crippen LogP contribution < -0.4 is 10.6 Å². The Morgan fingerprint density at radius 3 is 2.82 bits per heavy atom. The zero-order valence-corrected chi connectivity index (χ0v) is 12.7. The van der Waals surface area contributed by atoms with E-state index in [0.29, 0.717) is 19.3 Å². The van der Waals surface area contributed by atoms with Gasteiger partial charge in [0.25, 0.3) is 0 Å². The van der Waals surface area contributed by atoms with Crippen LogP contribution in [0.5, 0.6) is 0 Å². The summed E-state index contributed by atoms with van der Waals surface area (Å²) in [6, 6.07) is 6.38. The van der Waals surface area contributed by atoms with Crippen LogP contribution in [0.25, 0.3) is 0 Å². The molecule has 22 heavy (non-hydrogen) atoms. The largest absolute Gasteiger partial charge is 0.467 e. The molecule has 0 unspecified atom stereocenters. The molecule has 0 spiro atoms. The van der Waals surface area contributed by atoms with Crippen molar-refractivity contribution in [1.82, 2.24) is 10.6 Å². The van der Waals surface area contributed by atoms with E-state index >= 15 is 0 Å². The minimum absolute atomic E-state index is 0.145. The highest BCUT2D eigenvalue weighted by molar-refractivity contribution is 5.93. The Morgan fingerprint density at radius 2 is 2.23 bits per heavy atom. The van der Waals surface area contributed by atoms with Gasteiger partial charge in [0.15, 0.2) is 0 Å². The summed E-state index contributed by atoms with van der Waals surface area (Å²) in [5, 5.41) is 5.26. The van der Waals surface area contributed by atoms with Gasteiger partial charge in [-0.25, -0.2) is 4.79 Å². The van der Waals surface area contributed by atoms with E-state index in [1.165, 1.54) is 7.11 Å². The first-order valence-electron chi connectivity index (χ1n) is 7.22. The summed E-state index contributed by atoms with van der Waals surface area (Å²) < 4.78 is 4.76. The topological polar surface area (TPSA) is 84.5 Å². The van der Waals surface area contributed by atoms with Crippen molar-refractivity contribution in [2.24, 2.45) is 0 Å². The predicted molar refractivity (Wildman–Crippen MR) is 80.0 cm³/mol. The van der Waals surface area contributed by atoms with Gasteiger partial charge in [-0.2, -0.15) is 0 Å². The molecule has 1 saturated heterocycles. The number of methoxy groups -OCH3 is 1. The average molecular weight is 304 g/mol. The molecular weight excluding hydrogens is 284 g/mol. The smallest absolute Gasteiger partial charge is 0.328 e. The SMILES string of the molecule is COC(=O)[C@H](Cc1cccc(C)c1)NC(=O)[C@H]1CCC(=O)N1. The van der Waals surface area contributed by atoms with E-state index in [1.807, 2.05) is 31.2 Å². The van der Waals surface area contributed by atoms with E-state index in [2.05, 4.69) is 10.6 Å². The lowest BCUT2D eigenvalue weighted by molar-refractivity contribution is -0.145. The summed E-state index contributed by atoms with van der Waals surface area (Å²) in [4.78, 5) is 35.2. The molecule has 2 atom stereocenters. The molecule has 1 aliphatic heterocycles. The molecule has 1 aromatic carbocycles. The van der Waals surface area contributed by atoms with Crippen LogP contribution in [0.2, 0.25) is 0 Å². The summed E-state index contributed by atoms with van der Waals surface area (Å²) >= 11 is 0. The third kappa shape index (κ3) is 4.07. The zero-order chi connectivity index (χ0) is 16.1. The van der Waals surface area contributed by atoms with E-state index in [0.717, 1.165) is 11.1 Å². The molecular formula is C16H20N2O4. The van der Waals surface area contributed by atoms with Crippen molar-refractivity contribution < 1.29 is 19.1 Å². The Morgan fingerprint density at radius 1 is 1.45 bits per heavy atom. The van der Waals surface area contributed by atoms with Gasteiger partial charge in [0.2, 0.25) is 11.8 Å². The highest BCUT2D eigenvalue weighted by Crippen LogP contribution is 2.10. The molecule has 6 nitrogen and oxygen atoms in total. The number of hydrogen-bond acceptors (Lipinski definition) is 4. The van der Waals surface area contributed by atoms with E-state index in [9.17, 15) is 14.4 Å². The van der Waals surface area contributed by atoms with Crippen LogP contribution in [0.1, 0.15) is 24.0 Å². The summed E-state index contributed by atoms with van der Waals surface area (Å²) in [5.74, 6) is -0.999. The van der Waals surface area contributed by atoms with Crippen LogP contribution in [0.15, 0.2) is 24.3 Å². The minimum atomic E-state index is -0.767. The van der Waals surface area contributed by atoms with E-state index in [1.54, 1.807) is 0 Å². The summed E-state index contributed by atoms with van der Waals surface area (Å²) in [6.45, 7) is 1.96. The Labute approximate surface area is 129 Å². The number of nitrogens with one attached hydrogen (secondary N) is 2. The van der Waals surface area contributed by atoms with Gasteiger partial charge in [0.1, 0.15) is 12.1 Å². The fraction of sp³-hybridized carbons (Fsp3) is 0.438. The van der Waals surface area contributed by atoms with Crippen LogP contribution in [-0.4, -0.2) is 37.0 Å². The zero-order valence-electron chi connectivity index (χ0n) is 12.7. The molecule has 0 bridgehead atoms. The number of carbonyl (C=O) groups excluding carboxylic acids is 3. The lowest BCUT2D eigenvalue weighted by atomic mass is 10.0. The first kappa shape index (κ1) is 16.0. The molecule has 1 fully saturated rings.